The van der Waals surface area contributed by atoms with E-state index >= 15 is 0 Å². The van der Waals surface area contributed by atoms with Gasteiger partial charge in [-0.05, 0) is 12.0 Å². The van der Waals surface area contributed by atoms with Gasteiger partial charge in [0.05, 0.1) is 12.6 Å². The smallest absolute Gasteiger partial charge is 0.216 e. The third-order valence-corrected chi connectivity index (χ3v) is 4.08. The van der Waals surface area contributed by atoms with E-state index < -0.39 is 0 Å². The van der Waals surface area contributed by atoms with Gasteiger partial charge in [0.1, 0.15) is 5.82 Å². The molecule has 1 unspecified atom stereocenters. The lowest BCUT2D eigenvalue weighted by molar-refractivity contribution is 0.539. The molecule has 0 aliphatic carbocycles. The molecule has 5 heteroatoms. The average molecular weight is 267 g/mol. The molecule has 0 bridgehead atoms. The predicted molar refractivity (Wildman–Crippen MR) is 77.0 cm³/mol. The summed E-state index contributed by atoms with van der Waals surface area (Å²) in [6, 6.07) is 10.9. The van der Waals surface area contributed by atoms with Gasteiger partial charge in [0.2, 0.25) is 5.82 Å². The Morgan fingerprint density at radius 3 is 2.80 bits per heavy atom. The summed E-state index contributed by atoms with van der Waals surface area (Å²) in [4.78, 5) is 11.3. The predicted octanol–water partition coefficient (Wildman–Crippen LogP) is 1.51. The molecule has 3 heterocycles. The van der Waals surface area contributed by atoms with Gasteiger partial charge in [0.15, 0.2) is 5.84 Å². The second-order valence-electron chi connectivity index (χ2n) is 5.39. The minimum atomic E-state index is 0.319. The van der Waals surface area contributed by atoms with Crippen molar-refractivity contribution in [3.05, 3.63) is 47.5 Å². The molecule has 2 aliphatic heterocycles. The van der Waals surface area contributed by atoms with Crippen LogP contribution in [0.1, 0.15) is 29.7 Å². The number of amidine groups is 1. The molecular weight excluding hydrogens is 250 g/mol. The molecule has 0 N–H and O–H groups in total. The van der Waals surface area contributed by atoms with Crippen molar-refractivity contribution in [3.63, 3.8) is 0 Å². The van der Waals surface area contributed by atoms with Crippen molar-refractivity contribution in [1.82, 2.24) is 19.7 Å². The normalized spacial score (nSPS) is 21.1. The summed E-state index contributed by atoms with van der Waals surface area (Å²) in [6.07, 6.45) is 2.07. The Morgan fingerprint density at radius 1 is 1.20 bits per heavy atom. The quantitative estimate of drug-likeness (QED) is 0.828. The zero-order valence-electron chi connectivity index (χ0n) is 11.5. The van der Waals surface area contributed by atoms with Gasteiger partial charge in [-0.2, -0.15) is 0 Å². The number of benzene rings is 1. The topological polar surface area (TPSA) is 46.3 Å². The lowest BCUT2D eigenvalue weighted by atomic mass is 10.1. The number of aryl methyl sites for hydroxylation is 1. The maximum atomic E-state index is 4.71. The van der Waals surface area contributed by atoms with Gasteiger partial charge >= 0.3 is 0 Å². The fourth-order valence-electron chi connectivity index (χ4n) is 3.02. The molecule has 2 aliphatic rings. The van der Waals surface area contributed by atoms with E-state index in [1.165, 1.54) is 5.56 Å². The minimum Gasteiger partial charge on any atom is -0.355 e. The zero-order chi connectivity index (χ0) is 13.5. The van der Waals surface area contributed by atoms with E-state index in [1.54, 1.807) is 0 Å². The Balaban J connectivity index is 1.70. The van der Waals surface area contributed by atoms with Crippen LogP contribution in [0.3, 0.4) is 0 Å². The lowest BCUT2D eigenvalue weighted by Crippen LogP contribution is -2.25. The van der Waals surface area contributed by atoms with Crippen LogP contribution in [0.15, 0.2) is 35.3 Å². The van der Waals surface area contributed by atoms with Crippen LogP contribution >= 0.6 is 0 Å². The molecule has 4 rings (SSSR count). The van der Waals surface area contributed by atoms with Crippen LogP contribution < -0.4 is 0 Å². The van der Waals surface area contributed by atoms with Gasteiger partial charge in [-0.15, -0.1) is 5.10 Å². The zero-order valence-corrected chi connectivity index (χ0v) is 11.5. The molecular formula is C15H17N5. The molecule has 0 saturated carbocycles. The van der Waals surface area contributed by atoms with Gasteiger partial charge in [-0.3, -0.25) is 4.99 Å². The Kier molecular flexibility index (Phi) is 2.58. The van der Waals surface area contributed by atoms with E-state index in [0.29, 0.717) is 6.04 Å². The summed E-state index contributed by atoms with van der Waals surface area (Å²) in [5.41, 5.74) is 1.31. The number of hydrogen-bond donors (Lipinski definition) is 0. The first kappa shape index (κ1) is 11.6. The summed E-state index contributed by atoms with van der Waals surface area (Å²) in [6.45, 7) is 1.80. The maximum Gasteiger partial charge on any atom is 0.216 e. The van der Waals surface area contributed by atoms with Crippen LogP contribution in [-0.4, -0.2) is 45.6 Å². The first-order chi connectivity index (χ1) is 9.83. The number of aliphatic imine (C=N–C) groups is 1. The maximum absolute atomic E-state index is 4.71. The first-order valence-electron chi connectivity index (χ1n) is 7.09. The third-order valence-electron chi connectivity index (χ3n) is 4.08. The third kappa shape index (κ3) is 1.73. The van der Waals surface area contributed by atoms with Crippen molar-refractivity contribution in [2.24, 2.45) is 4.99 Å². The van der Waals surface area contributed by atoms with Crippen molar-refractivity contribution >= 4 is 5.84 Å². The van der Waals surface area contributed by atoms with E-state index in [2.05, 4.69) is 43.8 Å². The Hall–Kier alpha value is -2.17. The molecule has 20 heavy (non-hydrogen) atoms. The molecule has 5 nitrogen and oxygen atoms in total. The number of rotatable bonds is 2. The van der Waals surface area contributed by atoms with Crippen LogP contribution in [-0.2, 0) is 6.42 Å². The number of hydrogen-bond acceptors (Lipinski definition) is 4. The second-order valence-corrected chi connectivity index (χ2v) is 5.39. The monoisotopic (exact) mass is 267 g/mol. The molecule has 0 amide bonds. The van der Waals surface area contributed by atoms with Crippen molar-refractivity contribution in [3.8, 4) is 0 Å². The molecule has 1 aromatic carbocycles. The van der Waals surface area contributed by atoms with E-state index in [-0.39, 0.29) is 0 Å². The molecule has 0 radical (unpaired) electrons. The van der Waals surface area contributed by atoms with Gasteiger partial charge < -0.3 is 4.90 Å². The van der Waals surface area contributed by atoms with Crippen LogP contribution in [0.5, 0.6) is 0 Å². The highest BCUT2D eigenvalue weighted by Gasteiger charge is 2.29. The van der Waals surface area contributed by atoms with Crippen molar-refractivity contribution in [2.45, 2.75) is 18.9 Å². The molecule has 2 aromatic rings. The largest absolute Gasteiger partial charge is 0.355 e. The number of aromatic nitrogens is 3. The second kappa shape index (κ2) is 4.44. The Labute approximate surface area is 118 Å². The molecule has 102 valence electrons. The summed E-state index contributed by atoms with van der Waals surface area (Å²) in [7, 11) is 2.05. The van der Waals surface area contributed by atoms with E-state index in [1.807, 2.05) is 13.1 Å². The van der Waals surface area contributed by atoms with Gasteiger partial charge in [-0.25, -0.2) is 9.67 Å². The number of likely N-dealkylation sites (N-methyl/N-ethyl adjacent to an activating group) is 1. The molecule has 0 spiro atoms. The number of nitrogens with zero attached hydrogens (tertiary/aromatic N) is 5. The highest BCUT2D eigenvalue weighted by molar-refractivity contribution is 5.96. The summed E-state index contributed by atoms with van der Waals surface area (Å²) >= 11 is 0. The van der Waals surface area contributed by atoms with E-state index in [0.717, 1.165) is 43.4 Å². The standard InChI is InChI=1S/C15H17N5/c1-19-10-9-16-15(19)14-17-13-8-7-12(20(13)18-14)11-5-3-2-4-6-11/h2-6,12H,7-10H2,1H3. The highest BCUT2D eigenvalue weighted by Crippen LogP contribution is 2.30. The van der Waals surface area contributed by atoms with Crippen molar-refractivity contribution in [1.29, 1.82) is 0 Å². The molecule has 1 aromatic heterocycles. The lowest BCUT2D eigenvalue weighted by Gasteiger charge is -2.12. The van der Waals surface area contributed by atoms with E-state index in [4.69, 9.17) is 5.10 Å². The summed E-state index contributed by atoms with van der Waals surface area (Å²) in [5, 5.41) is 4.71. The van der Waals surface area contributed by atoms with Crippen LogP contribution in [0.4, 0.5) is 0 Å². The first-order valence-corrected chi connectivity index (χ1v) is 7.09. The molecule has 0 saturated heterocycles. The minimum absolute atomic E-state index is 0.319. The van der Waals surface area contributed by atoms with Gasteiger partial charge in [0.25, 0.3) is 0 Å². The van der Waals surface area contributed by atoms with Crippen molar-refractivity contribution < 1.29 is 0 Å². The number of fused-ring (bicyclic) bond motifs is 1. The highest BCUT2D eigenvalue weighted by atomic mass is 15.4. The Morgan fingerprint density at radius 2 is 2.05 bits per heavy atom. The van der Waals surface area contributed by atoms with Gasteiger partial charge in [0, 0.05) is 20.0 Å². The fourth-order valence-corrected chi connectivity index (χ4v) is 3.02. The van der Waals surface area contributed by atoms with Crippen molar-refractivity contribution in [2.75, 3.05) is 20.1 Å². The molecule has 1 atom stereocenters. The summed E-state index contributed by atoms with van der Waals surface area (Å²) in [5.74, 6) is 2.79. The summed E-state index contributed by atoms with van der Waals surface area (Å²) < 4.78 is 2.08. The van der Waals surface area contributed by atoms with Crippen LogP contribution in [0.25, 0.3) is 0 Å². The van der Waals surface area contributed by atoms with Crippen LogP contribution in [0, 0.1) is 0 Å². The van der Waals surface area contributed by atoms with Gasteiger partial charge in [-0.1, -0.05) is 30.3 Å². The van der Waals surface area contributed by atoms with E-state index in [9.17, 15) is 0 Å². The SMILES string of the molecule is CN1CCN=C1c1nc2n(n1)C(c1ccccc1)CC2. The average Bonchev–Trinajstić information content (AvgIpc) is 3.13. The fraction of sp³-hybridized carbons (Fsp3) is 0.400. The Bertz CT molecular complexity index is 658. The van der Waals surface area contributed by atoms with Crippen LogP contribution in [0.2, 0.25) is 0 Å². The molecule has 0 fully saturated rings.